The van der Waals surface area contributed by atoms with E-state index in [-0.39, 0.29) is 6.10 Å². The minimum Gasteiger partial charge on any atom is -0.393 e. The second kappa shape index (κ2) is 6.14. The van der Waals surface area contributed by atoms with Crippen molar-refractivity contribution in [2.45, 2.75) is 39.2 Å². The van der Waals surface area contributed by atoms with Gasteiger partial charge in [-0.15, -0.1) is 0 Å². The molecule has 0 saturated heterocycles. The lowest BCUT2D eigenvalue weighted by molar-refractivity contribution is 0.145. The van der Waals surface area contributed by atoms with E-state index in [0.29, 0.717) is 12.3 Å². The Bertz CT molecular complexity index is 298. The molecule has 1 aromatic carbocycles. The van der Waals surface area contributed by atoms with Crippen LogP contribution in [0.1, 0.15) is 32.3 Å². The first-order chi connectivity index (χ1) is 7.13. The predicted octanol–water partition coefficient (Wildman–Crippen LogP) is 3.68. The maximum Gasteiger partial charge on any atom is 0.0583 e. The van der Waals surface area contributed by atoms with E-state index in [0.717, 1.165) is 23.4 Å². The number of aliphatic hydroxyl groups excluding tert-OH is 1. The molecule has 0 aliphatic rings. The molecule has 1 N–H and O–H groups in total. The molecule has 0 amide bonds. The van der Waals surface area contributed by atoms with E-state index in [9.17, 15) is 5.11 Å². The predicted molar refractivity (Wildman–Crippen MR) is 65.2 cm³/mol. The summed E-state index contributed by atoms with van der Waals surface area (Å²) in [7, 11) is 0. The Morgan fingerprint density at radius 1 is 1.33 bits per heavy atom. The Labute approximate surface area is 97.1 Å². The van der Waals surface area contributed by atoms with Gasteiger partial charge in [-0.2, -0.15) is 0 Å². The third-order valence-electron chi connectivity index (χ3n) is 2.78. The van der Waals surface area contributed by atoms with Crippen molar-refractivity contribution in [1.82, 2.24) is 0 Å². The smallest absolute Gasteiger partial charge is 0.0583 e. The summed E-state index contributed by atoms with van der Waals surface area (Å²) >= 11 is 6.03. The summed E-state index contributed by atoms with van der Waals surface area (Å²) in [5.41, 5.74) is 1.04. The van der Waals surface area contributed by atoms with Crippen LogP contribution in [0.3, 0.4) is 0 Å². The first-order valence-corrected chi connectivity index (χ1v) is 5.92. The van der Waals surface area contributed by atoms with E-state index in [1.54, 1.807) is 0 Å². The number of benzene rings is 1. The number of halogens is 1. The number of aliphatic hydroxyl groups is 1. The van der Waals surface area contributed by atoms with Crippen molar-refractivity contribution in [1.29, 1.82) is 0 Å². The van der Waals surface area contributed by atoms with Gasteiger partial charge in [-0.05, 0) is 30.4 Å². The molecule has 2 unspecified atom stereocenters. The fraction of sp³-hybridized carbons (Fsp3) is 0.538. The van der Waals surface area contributed by atoms with Crippen LogP contribution >= 0.6 is 11.6 Å². The van der Waals surface area contributed by atoms with Gasteiger partial charge in [0.05, 0.1) is 6.10 Å². The molecule has 0 aliphatic heterocycles. The molecule has 0 spiro atoms. The third kappa shape index (κ3) is 4.23. The van der Waals surface area contributed by atoms with Crippen LogP contribution in [-0.4, -0.2) is 11.2 Å². The van der Waals surface area contributed by atoms with Crippen LogP contribution in [0.15, 0.2) is 24.3 Å². The van der Waals surface area contributed by atoms with Crippen molar-refractivity contribution in [3.05, 3.63) is 34.9 Å². The SMILES string of the molecule is CCC(C)CC(O)Cc1ccccc1Cl. The Balaban J connectivity index is 2.51. The lowest BCUT2D eigenvalue weighted by Crippen LogP contribution is -2.14. The maximum absolute atomic E-state index is 9.87. The van der Waals surface area contributed by atoms with E-state index in [4.69, 9.17) is 11.6 Å². The highest BCUT2D eigenvalue weighted by Gasteiger charge is 2.11. The molecular formula is C13H19ClO. The Hall–Kier alpha value is -0.530. The standard InChI is InChI=1S/C13H19ClO/c1-3-10(2)8-12(15)9-11-6-4-5-7-13(11)14/h4-7,10,12,15H,3,8-9H2,1-2H3. The van der Waals surface area contributed by atoms with Gasteiger partial charge < -0.3 is 5.11 Å². The van der Waals surface area contributed by atoms with Crippen LogP contribution in [0.5, 0.6) is 0 Å². The summed E-state index contributed by atoms with van der Waals surface area (Å²) < 4.78 is 0. The van der Waals surface area contributed by atoms with E-state index in [1.807, 2.05) is 24.3 Å². The molecule has 0 fully saturated rings. The molecule has 0 heterocycles. The molecule has 2 heteroatoms. The lowest BCUT2D eigenvalue weighted by Gasteiger charge is -2.15. The third-order valence-corrected chi connectivity index (χ3v) is 3.15. The summed E-state index contributed by atoms with van der Waals surface area (Å²) in [6.07, 6.45) is 2.34. The number of hydrogen-bond donors (Lipinski definition) is 1. The summed E-state index contributed by atoms with van der Waals surface area (Å²) in [6, 6.07) is 7.71. The van der Waals surface area contributed by atoms with Crippen molar-refractivity contribution in [2.75, 3.05) is 0 Å². The van der Waals surface area contributed by atoms with Crippen molar-refractivity contribution < 1.29 is 5.11 Å². The van der Waals surface area contributed by atoms with Gasteiger partial charge in [-0.3, -0.25) is 0 Å². The van der Waals surface area contributed by atoms with E-state index >= 15 is 0 Å². The molecule has 1 nitrogen and oxygen atoms in total. The first kappa shape index (κ1) is 12.5. The zero-order valence-corrected chi connectivity index (χ0v) is 10.2. The number of hydrogen-bond acceptors (Lipinski definition) is 1. The van der Waals surface area contributed by atoms with E-state index < -0.39 is 0 Å². The van der Waals surface area contributed by atoms with Crippen LogP contribution in [0, 0.1) is 5.92 Å². The lowest BCUT2D eigenvalue weighted by atomic mass is 9.97. The van der Waals surface area contributed by atoms with E-state index in [2.05, 4.69) is 13.8 Å². The second-order valence-corrected chi connectivity index (χ2v) is 4.61. The molecule has 1 rings (SSSR count). The number of rotatable bonds is 5. The van der Waals surface area contributed by atoms with Crippen molar-refractivity contribution in [3.8, 4) is 0 Å². The molecule has 2 atom stereocenters. The highest BCUT2D eigenvalue weighted by molar-refractivity contribution is 6.31. The average Bonchev–Trinajstić information content (AvgIpc) is 2.21. The van der Waals surface area contributed by atoms with Crippen LogP contribution in [0.25, 0.3) is 0 Å². The minimum atomic E-state index is -0.278. The molecule has 0 aliphatic carbocycles. The Morgan fingerprint density at radius 2 is 2.00 bits per heavy atom. The van der Waals surface area contributed by atoms with Crippen molar-refractivity contribution in [3.63, 3.8) is 0 Å². The Morgan fingerprint density at radius 3 is 2.60 bits per heavy atom. The highest BCUT2D eigenvalue weighted by atomic mass is 35.5. The fourth-order valence-electron chi connectivity index (χ4n) is 1.63. The van der Waals surface area contributed by atoms with Crippen LogP contribution in [0.4, 0.5) is 0 Å². The zero-order valence-electron chi connectivity index (χ0n) is 9.41. The van der Waals surface area contributed by atoms with Gasteiger partial charge in [0.2, 0.25) is 0 Å². The van der Waals surface area contributed by atoms with Gasteiger partial charge in [0, 0.05) is 5.02 Å². The van der Waals surface area contributed by atoms with Crippen molar-refractivity contribution in [2.24, 2.45) is 5.92 Å². The molecule has 1 aromatic rings. The van der Waals surface area contributed by atoms with Crippen LogP contribution in [-0.2, 0) is 6.42 Å². The normalized spacial score (nSPS) is 14.9. The maximum atomic E-state index is 9.87. The average molecular weight is 227 g/mol. The molecular weight excluding hydrogens is 208 g/mol. The monoisotopic (exact) mass is 226 g/mol. The first-order valence-electron chi connectivity index (χ1n) is 5.55. The second-order valence-electron chi connectivity index (χ2n) is 4.20. The highest BCUT2D eigenvalue weighted by Crippen LogP contribution is 2.19. The van der Waals surface area contributed by atoms with Gasteiger partial charge in [-0.1, -0.05) is 50.1 Å². The summed E-state index contributed by atoms with van der Waals surface area (Å²) in [4.78, 5) is 0. The summed E-state index contributed by atoms with van der Waals surface area (Å²) in [5.74, 6) is 0.572. The van der Waals surface area contributed by atoms with Crippen LogP contribution < -0.4 is 0 Å². The van der Waals surface area contributed by atoms with E-state index in [1.165, 1.54) is 0 Å². The minimum absolute atomic E-state index is 0.278. The molecule has 84 valence electrons. The largest absolute Gasteiger partial charge is 0.393 e. The topological polar surface area (TPSA) is 20.2 Å². The quantitative estimate of drug-likeness (QED) is 0.812. The fourth-order valence-corrected chi connectivity index (χ4v) is 1.85. The molecule has 15 heavy (non-hydrogen) atoms. The van der Waals surface area contributed by atoms with Crippen LogP contribution in [0.2, 0.25) is 5.02 Å². The molecule has 0 bridgehead atoms. The molecule has 0 saturated carbocycles. The van der Waals surface area contributed by atoms with Gasteiger partial charge in [0.1, 0.15) is 0 Å². The molecule has 0 radical (unpaired) electrons. The van der Waals surface area contributed by atoms with Gasteiger partial charge in [-0.25, -0.2) is 0 Å². The molecule has 0 aromatic heterocycles. The zero-order chi connectivity index (χ0) is 11.3. The Kier molecular flexibility index (Phi) is 5.13. The van der Waals surface area contributed by atoms with Gasteiger partial charge in [0.15, 0.2) is 0 Å². The summed E-state index contributed by atoms with van der Waals surface area (Å²) in [6.45, 7) is 4.31. The van der Waals surface area contributed by atoms with Crippen molar-refractivity contribution >= 4 is 11.6 Å². The van der Waals surface area contributed by atoms with Gasteiger partial charge >= 0.3 is 0 Å². The summed E-state index contributed by atoms with van der Waals surface area (Å²) in [5, 5.41) is 10.6. The van der Waals surface area contributed by atoms with Gasteiger partial charge in [0.25, 0.3) is 0 Å².